The summed E-state index contributed by atoms with van der Waals surface area (Å²) in [6, 6.07) is 14.4. The predicted octanol–water partition coefficient (Wildman–Crippen LogP) is 3.28. The number of carboxylic acid groups (broad SMARTS) is 1. The first-order valence-electron chi connectivity index (χ1n) is 11.0. The lowest BCUT2D eigenvalue weighted by Crippen LogP contribution is -2.43. The molecule has 13 heteroatoms. The number of aliphatic carboxylic acids is 1. The number of nitrogens with zero attached hydrogens (tertiary/aromatic N) is 1. The Labute approximate surface area is 212 Å². The number of piperidine rings is 1. The number of carboxylic acids is 1. The molecule has 0 saturated carbocycles. The monoisotopic (exact) mass is 541 g/mol. The highest BCUT2D eigenvalue weighted by Crippen LogP contribution is 2.21. The molecule has 0 bridgehead atoms. The van der Waals surface area contributed by atoms with Crippen LogP contribution >= 0.6 is 0 Å². The Bertz CT molecular complexity index is 1190. The first kappa shape index (κ1) is 29.4. The zero-order valence-electron chi connectivity index (χ0n) is 19.6. The van der Waals surface area contributed by atoms with Crippen LogP contribution in [0.2, 0.25) is 0 Å². The Morgan fingerprint density at radius 2 is 1.57 bits per heavy atom. The summed E-state index contributed by atoms with van der Waals surface area (Å²) in [7, 11) is -3.68. The second kappa shape index (κ2) is 12.9. The standard InChI is InChI=1S/C22H25N3O4S.C2HF3O2/c1-2-14-23-21(26)17-12-15-25(16-13-17)22(27)18-8-10-19(11-9-18)24-30(28,29)20-6-4-3-5-7-20;3-2(4,5)1(6)7/h2-11,17,24H,1,12-16H2,(H,23,26);(H,6,7). The van der Waals surface area contributed by atoms with Crippen molar-refractivity contribution in [2.24, 2.45) is 5.92 Å². The van der Waals surface area contributed by atoms with Crippen LogP contribution in [0.3, 0.4) is 0 Å². The highest BCUT2D eigenvalue weighted by Gasteiger charge is 2.38. The fourth-order valence-corrected chi connectivity index (χ4v) is 4.42. The third-order valence-electron chi connectivity index (χ3n) is 5.25. The van der Waals surface area contributed by atoms with E-state index in [1.54, 1.807) is 53.4 Å². The maximum absolute atomic E-state index is 12.7. The lowest BCUT2D eigenvalue weighted by Gasteiger charge is -2.31. The maximum Gasteiger partial charge on any atom is 0.490 e. The van der Waals surface area contributed by atoms with E-state index >= 15 is 0 Å². The molecule has 37 heavy (non-hydrogen) atoms. The van der Waals surface area contributed by atoms with Crippen molar-refractivity contribution in [3.05, 3.63) is 72.8 Å². The average molecular weight is 542 g/mol. The van der Waals surface area contributed by atoms with Crippen molar-refractivity contribution < 1.29 is 41.1 Å². The van der Waals surface area contributed by atoms with Gasteiger partial charge in [-0.1, -0.05) is 24.3 Å². The number of hydrogen-bond acceptors (Lipinski definition) is 5. The van der Waals surface area contributed by atoms with E-state index in [0.717, 1.165) is 0 Å². The summed E-state index contributed by atoms with van der Waals surface area (Å²) in [4.78, 5) is 35.6. The highest BCUT2D eigenvalue weighted by molar-refractivity contribution is 7.92. The molecule has 9 nitrogen and oxygen atoms in total. The Balaban J connectivity index is 0.000000604. The van der Waals surface area contributed by atoms with E-state index in [2.05, 4.69) is 16.6 Å². The molecule has 0 atom stereocenters. The molecular formula is C24H26F3N3O6S. The van der Waals surface area contributed by atoms with Gasteiger partial charge in [0.15, 0.2) is 0 Å². The van der Waals surface area contributed by atoms with E-state index in [4.69, 9.17) is 9.90 Å². The van der Waals surface area contributed by atoms with Crippen LogP contribution in [0.1, 0.15) is 23.2 Å². The first-order valence-corrected chi connectivity index (χ1v) is 12.5. The molecule has 0 aliphatic carbocycles. The van der Waals surface area contributed by atoms with E-state index < -0.39 is 22.2 Å². The van der Waals surface area contributed by atoms with Gasteiger partial charge in [0.1, 0.15) is 0 Å². The van der Waals surface area contributed by atoms with Crippen molar-refractivity contribution in [2.45, 2.75) is 23.9 Å². The van der Waals surface area contributed by atoms with Gasteiger partial charge in [-0.3, -0.25) is 14.3 Å². The van der Waals surface area contributed by atoms with Gasteiger partial charge in [-0.2, -0.15) is 13.2 Å². The number of carbonyl (C=O) groups excluding carboxylic acids is 2. The second-order valence-electron chi connectivity index (χ2n) is 7.90. The summed E-state index contributed by atoms with van der Waals surface area (Å²) >= 11 is 0. The molecule has 2 amide bonds. The quantitative estimate of drug-likeness (QED) is 0.461. The average Bonchev–Trinajstić information content (AvgIpc) is 2.87. The number of benzene rings is 2. The number of hydrogen-bond donors (Lipinski definition) is 3. The van der Waals surface area contributed by atoms with Crippen molar-refractivity contribution in [3.63, 3.8) is 0 Å². The van der Waals surface area contributed by atoms with Crippen LogP contribution in [0.25, 0.3) is 0 Å². The van der Waals surface area contributed by atoms with E-state index in [1.807, 2.05) is 0 Å². The maximum atomic E-state index is 12.7. The summed E-state index contributed by atoms with van der Waals surface area (Å²) in [5.74, 6) is -2.98. The van der Waals surface area contributed by atoms with Crippen LogP contribution in [-0.4, -0.2) is 62.0 Å². The highest BCUT2D eigenvalue weighted by atomic mass is 32.2. The number of sulfonamides is 1. The van der Waals surface area contributed by atoms with Crippen molar-refractivity contribution in [3.8, 4) is 0 Å². The van der Waals surface area contributed by atoms with E-state index in [0.29, 0.717) is 43.7 Å². The fraction of sp³-hybridized carbons (Fsp3) is 0.292. The molecule has 0 unspecified atom stereocenters. The van der Waals surface area contributed by atoms with E-state index in [9.17, 15) is 31.2 Å². The van der Waals surface area contributed by atoms with Crippen molar-refractivity contribution >= 4 is 33.5 Å². The molecule has 1 saturated heterocycles. The molecule has 0 aromatic heterocycles. The SMILES string of the molecule is C=CCNC(=O)C1CCN(C(=O)c2ccc(NS(=O)(=O)c3ccccc3)cc2)CC1.O=C(O)C(F)(F)F. The Hall–Kier alpha value is -3.87. The van der Waals surface area contributed by atoms with Gasteiger partial charge in [0.25, 0.3) is 15.9 Å². The smallest absolute Gasteiger partial charge is 0.475 e. The number of likely N-dealkylation sites (tertiary alicyclic amines) is 1. The number of halogens is 3. The number of amides is 2. The molecule has 1 aliphatic heterocycles. The van der Waals surface area contributed by atoms with Gasteiger partial charge < -0.3 is 15.3 Å². The number of nitrogens with one attached hydrogen (secondary N) is 2. The summed E-state index contributed by atoms with van der Waals surface area (Å²) in [5, 5.41) is 9.92. The van der Waals surface area contributed by atoms with Gasteiger partial charge >= 0.3 is 12.1 Å². The molecule has 3 N–H and O–H groups in total. The Morgan fingerprint density at radius 3 is 2.05 bits per heavy atom. The van der Waals surface area contributed by atoms with Crippen molar-refractivity contribution in [1.29, 1.82) is 0 Å². The normalized spacial score (nSPS) is 14.1. The second-order valence-corrected chi connectivity index (χ2v) is 9.58. The molecule has 1 heterocycles. The summed E-state index contributed by atoms with van der Waals surface area (Å²) < 4.78 is 59.0. The van der Waals surface area contributed by atoms with Gasteiger partial charge in [0.05, 0.1) is 4.90 Å². The molecule has 0 spiro atoms. The van der Waals surface area contributed by atoms with Gasteiger partial charge in [-0.15, -0.1) is 6.58 Å². The lowest BCUT2D eigenvalue weighted by molar-refractivity contribution is -0.192. The summed E-state index contributed by atoms with van der Waals surface area (Å²) in [6.45, 7) is 5.04. The predicted molar refractivity (Wildman–Crippen MR) is 129 cm³/mol. The minimum atomic E-state index is -5.08. The molecule has 1 aliphatic rings. The summed E-state index contributed by atoms with van der Waals surface area (Å²) in [6.07, 6.45) is -2.21. The Kier molecular flexibility index (Phi) is 10.2. The molecule has 3 rings (SSSR count). The molecule has 2 aromatic carbocycles. The van der Waals surface area contributed by atoms with E-state index in [1.165, 1.54) is 12.1 Å². The van der Waals surface area contributed by atoms with Gasteiger partial charge in [-0.25, -0.2) is 13.2 Å². The first-order chi connectivity index (χ1) is 17.3. The minimum Gasteiger partial charge on any atom is -0.475 e. The summed E-state index contributed by atoms with van der Waals surface area (Å²) in [5.41, 5.74) is 0.861. The zero-order valence-corrected chi connectivity index (χ0v) is 20.4. The third-order valence-corrected chi connectivity index (χ3v) is 6.65. The zero-order chi connectivity index (χ0) is 27.6. The number of anilines is 1. The lowest BCUT2D eigenvalue weighted by atomic mass is 9.95. The van der Waals surface area contributed by atoms with Gasteiger partial charge in [-0.05, 0) is 49.2 Å². The van der Waals surface area contributed by atoms with E-state index in [-0.39, 0.29) is 22.6 Å². The van der Waals surface area contributed by atoms with Gasteiger partial charge in [0, 0.05) is 36.8 Å². The number of rotatable bonds is 7. The number of carbonyl (C=O) groups is 3. The van der Waals surface area contributed by atoms with Crippen LogP contribution in [0.4, 0.5) is 18.9 Å². The van der Waals surface area contributed by atoms with Crippen LogP contribution in [0.5, 0.6) is 0 Å². The minimum absolute atomic E-state index is 0.00273. The number of alkyl halides is 3. The van der Waals surface area contributed by atoms with Crippen molar-refractivity contribution in [1.82, 2.24) is 10.2 Å². The molecular weight excluding hydrogens is 515 g/mol. The van der Waals surface area contributed by atoms with Crippen molar-refractivity contribution in [2.75, 3.05) is 24.4 Å². The molecule has 2 aromatic rings. The van der Waals surface area contributed by atoms with Gasteiger partial charge in [0.2, 0.25) is 5.91 Å². The molecule has 1 fully saturated rings. The van der Waals surface area contributed by atoms with Crippen LogP contribution in [-0.2, 0) is 19.6 Å². The Morgan fingerprint density at radius 1 is 1.03 bits per heavy atom. The topological polar surface area (TPSA) is 133 Å². The molecule has 0 radical (unpaired) electrons. The van der Waals surface area contributed by atoms with Crippen LogP contribution in [0.15, 0.2) is 72.1 Å². The van der Waals surface area contributed by atoms with Crippen LogP contribution < -0.4 is 10.0 Å². The fourth-order valence-electron chi connectivity index (χ4n) is 3.34. The largest absolute Gasteiger partial charge is 0.490 e. The third kappa shape index (κ3) is 8.94. The molecule has 200 valence electrons. The van der Waals surface area contributed by atoms with Crippen LogP contribution in [0, 0.1) is 5.92 Å².